The van der Waals surface area contributed by atoms with Crippen LogP contribution in [0.5, 0.6) is 0 Å². The van der Waals surface area contributed by atoms with Gasteiger partial charge in [0.2, 0.25) is 0 Å². The summed E-state index contributed by atoms with van der Waals surface area (Å²) in [5, 5.41) is 5.64. The fourth-order valence-corrected chi connectivity index (χ4v) is 10.6. The molecular weight excluding hydrogens is 650 g/mol. The third kappa shape index (κ3) is 10.3. The molecule has 47 heavy (non-hydrogen) atoms. The van der Waals surface area contributed by atoms with Crippen molar-refractivity contribution in [2.24, 2.45) is 0 Å². The molecule has 0 aromatic heterocycles. The second-order valence-corrected chi connectivity index (χ2v) is 15.8. The van der Waals surface area contributed by atoms with Gasteiger partial charge < -0.3 is 0 Å². The van der Waals surface area contributed by atoms with Gasteiger partial charge in [0, 0.05) is 40.3 Å². The van der Waals surface area contributed by atoms with Gasteiger partial charge in [0.25, 0.3) is 0 Å². The molecule has 0 bridgehead atoms. The molecule has 0 unspecified atom stereocenters. The Kier molecular flexibility index (Phi) is 16.2. The topological polar surface area (TPSA) is 6.48 Å². The molecule has 6 rings (SSSR count). The third-order valence-electron chi connectivity index (χ3n) is 8.46. The molecule has 0 heterocycles. The fraction of sp³-hybridized carbons (Fsp3) is 0.190. The zero-order valence-corrected chi connectivity index (χ0v) is 30.8. The van der Waals surface area contributed by atoms with E-state index in [1.54, 1.807) is 0 Å². The Bertz CT molecular complexity index is 1300. The van der Waals surface area contributed by atoms with Gasteiger partial charge in [0.15, 0.2) is 0 Å². The average Bonchev–Trinajstić information content (AvgIpc) is 3.83. The summed E-state index contributed by atoms with van der Waals surface area (Å²) in [6, 6.07) is 43.9. The molecule has 0 aliphatic heterocycles. The predicted molar refractivity (Wildman–Crippen MR) is 203 cm³/mol. The summed E-state index contributed by atoms with van der Waals surface area (Å²) >= 11 is 0. The molecule has 242 valence electrons. The Labute approximate surface area is 299 Å². The predicted octanol–water partition coefficient (Wildman–Crippen LogP) is 7.95. The van der Waals surface area contributed by atoms with E-state index < -0.39 is 15.8 Å². The van der Waals surface area contributed by atoms with E-state index >= 15 is 0 Å². The quantitative estimate of drug-likeness (QED) is 0.0844. The first-order valence-corrected chi connectivity index (χ1v) is 19.0. The van der Waals surface area contributed by atoms with Gasteiger partial charge in [0.05, 0.1) is 6.67 Å². The molecule has 4 aromatic rings. The zero-order chi connectivity index (χ0) is 32.1. The van der Waals surface area contributed by atoms with Crippen molar-refractivity contribution in [3.05, 3.63) is 184 Å². The summed E-state index contributed by atoms with van der Waals surface area (Å²) < 4.78 is 0. The first kappa shape index (κ1) is 38.0. The molecule has 5 heteroatoms. The molecule has 0 amide bonds. The second kappa shape index (κ2) is 20.0. The van der Waals surface area contributed by atoms with Crippen LogP contribution in [0, 0.1) is 62.2 Å². The number of rotatable bonds is 12. The average molecular weight is 697 g/mol. The van der Waals surface area contributed by atoms with Gasteiger partial charge in [-0.05, 0) is 109 Å². The maximum Gasteiger partial charge on any atom is 0.0505 e. The van der Waals surface area contributed by atoms with Crippen molar-refractivity contribution in [3.63, 3.8) is 0 Å². The van der Waals surface area contributed by atoms with E-state index in [-0.39, 0.29) is 17.1 Å². The molecule has 1 atom stereocenters. The minimum atomic E-state index is -0.555. The van der Waals surface area contributed by atoms with Crippen molar-refractivity contribution in [2.45, 2.75) is 26.8 Å². The van der Waals surface area contributed by atoms with Crippen LogP contribution >= 0.6 is 15.8 Å². The van der Waals surface area contributed by atoms with E-state index in [1.165, 1.54) is 38.5 Å². The summed E-state index contributed by atoms with van der Waals surface area (Å²) in [4.78, 5) is 4.94. The second-order valence-electron chi connectivity index (χ2n) is 11.4. The summed E-state index contributed by atoms with van der Waals surface area (Å²) in [5.74, 6) is 1.45. The molecule has 0 saturated heterocycles. The SMILES string of the molecule is CCN(CC)CN(C)[C@H](C)[C]1[CH][CH][CH][C]1P(c1ccccc1)c1ccccc1.[CH]1[CH][CH][C](P(c2ccccc2)c2ccccc2)[CH]1.[Fe]. The smallest absolute Gasteiger partial charge is 0.0505 e. The van der Waals surface area contributed by atoms with Crippen LogP contribution < -0.4 is 21.2 Å². The maximum absolute atomic E-state index is 2.47. The van der Waals surface area contributed by atoms with Gasteiger partial charge in [-0.25, -0.2) is 0 Å². The van der Waals surface area contributed by atoms with E-state index in [4.69, 9.17) is 0 Å². The molecule has 0 N–H and O–H groups in total. The summed E-state index contributed by atoms with van der Waals surface area (Å²) in [6.07, 6.45) is 15.6. The van der Waals surface area contributed by atoms with Crippen LogP contribution in [0.15, 0.2) is 121 Å². The van der Waals surface area contributed by atoms with Crippen molar-refractivity contribution in [1.82, 2.24) is 9.80 Å². The Balaban J connectivity index is 0.000000227. The minimum absolute atomic E-state index is 0. The number of benzene rings is 4. The van der Waals surface area contributed by atoms with Crippen molar-refractivity contribution in [2.75, 3.05) is 26.8 Å². The van der Waals surface area contributed by atoms with Gasteiger partial charge >= 0.3 is 0 Å². The number of nitrogens with zero attached hydrogens (tertiary/aromatic N) is 2. The fourth-order valence-electron chi connectivity index (χ4n) is 5.78. The Morgan fingerprint density at radius 3 is 1.34 bits per heavy atom. The van der Waals surface area contributed by atoms with Crippen LogP contribution in [0.25, 0.3) is 0 Å². The first-order chi connectivity index (χ1) is 22.6. The van der Waals surface area contributed by atoms with Crippen molar-refractivity contribution in [3.8, 4) is 0 Å². The Morgan fingerprint density at radius 2 is 0.936 bits per heavy atom. The van der Waals surface area contributed by atoms with Crippen LogP contribution in [0.2, 0.25) is 0 Å². The minimum Gasteiger partial charge on any atom is -0.291 e. The Morgan fingerprint density at radius 1 is 0.532 bits per heavy atom. The van der Waals surface area contributed by atoms with Gasteiger partial charge in [0.1, 0.15) is 0 Å². The molecular formula is C42H46FeN2P2. The van der Waals surface area contributed by atoms with Gasteiger partial charge in [-0.1, -0.05) is 135 Å². The van der Waals surface area contributed by atoms with Gasteiger partial charge in [-0.15, -0.1) is 0 Å². The van der Waals surface area contributed by atoms with E-state index in [9.17, 15) is 0 Å². The van der Waals surface area contributed by atoms with Crippen LogP contribution in [-0.4, -0.2) is 42.6 Å². The number of hydrogen-bond acceptors (Lipinski definition) is 2. The first-order valence-electron chi connectivity index (χ1n) is 16.3. The van der Waals surface area contributed by atoms with Crippen molar-refractivity contribution < 1.29 is 17.1 Å². The van der Waals surface area contributed by atoms with Crippen LogP contribution in [0.1, 0.15) is 20.8 Å². The van der Waals surface area contributed by atoms with Crippen molar-refractivity contribution in [1.29, 1.82) is 0 Å². The molecule has 2 saturated carbocycles. The molecule has 2 nitrogen and oxygen atoms in total. The summed E-state index contributed by atoms with van der Waals surface area (Å²) in [6.45, 7) is 9.98. The standard InChI is InChI=1S/C25H32N2P.C17H14P.Fe/c1-5-27(6-2)20-26(4)21(3)24-18-13-19-25(24)28(22-14-9-7-10-15-22)23-16-11-8-12-17-23;1-3-9-15(10-4-1)18(17-13-7-8-14-17)16-11-5-2-6-12-16;/h7-19,21H,5-6,20H2,1-4H3;1-14H;/t21-;;/m1../s1. The van der Waals surface area contributed by atoms with Crippen LogP contribution in [0.3, 0.4) is 0 Å². The van der Waals surface area contributed by atoms with E-state index in [2.05, 4.69) is 204 Å². The van der Waals surface area contributed by atoms with Crippen molar-refractivity contribution >= 4 is 37.1 Å². The molecule has 2 fully saturated rings. The van der Waals surface area contributed by atoms with Gasteiger partial charge in [-0.3, -0.25) is 9.80 Å². The van der Waals surface area contributed by atoms with E-state index in [0.29, 0.717) is 6.04 Å². The normalized spacial score (nSPS) is 16.4. The Hall–Kier alpha value is -1.82. The maximum atomic E-state index is 2.47. The number of hydrogen-bond donors (Lipinski definition) is 0. The van der Waals surface area contributed by atoms with E-state index in [0.717, 1.165) is 19.8 Å². The monoisotopic (exact) mass is 696 g/mol. The molecule has 10 radical (unpaired) electrons. The molecule has 2 aliphatic carbocycles. The van der Waals surface area contributed by atoms with E-state index in [1.807, 2.05) is 0 Å². The summed E-state index contributed by atoms with van der Waals surface area (Å²) in [7, 11) is 1.28. The third-order valence-corrected chi connectivity index (χ3v) is 13.4. The van der Waals surface area contributed by atoms with Gasteiger partial charge in [-0.2, -0.15) is 0 Å². The van der Waals surface area contributed by atoms with Crippen LogP contribution in [-0.2, 0) is 17.1 Å². The molecule has 4 aromatic carbocycles. The molecule has 0 spiro atoms. The molecule has 2 aliphatic rings. The zero-order valence-electron chi connectivity index (χ0n) is 27.9. The van der Waals surface area contributed by atoms with Crippen LogP contribution in [0.4, 0.5) is 0 Å². The largest absolute Gasteiger partial charge is 0.291 e. The summed E-state index contributed by atoms with van der Waals surface area (Å²) in [5.41, 5.74) is 2.90.